The minimum absolute atomic E-state index is 0. The Hall–Kier alpha value is -0.660. The summed E-state index contributed by atoms with van der Waals surface area (Å²) in [6.07, 6.45) is 4.17. The molecule has 0 amide bonds. The fraction of sp³-hybridized carbons (Fsp3) is 0.385. The van der Waals surface area contributed by atoms with E-state index in [9.17, 15) is 0 Å². The molecule has 1 aliphatic carbocycles. The van der Waals surface area contributed by atoms with Crippen molar-refractivity contribution in [2.24, 2.45) is 5.73 Å². The van der Waals surface area contributed by atoms with Crippen molar-refractivity contribution in [3.05, 3.63) is 33.7 Å². The Morgan fingerprint density at radius 3 is 2.42 bits per heavy atom. The van der Waals surface area contributed by atoms with Gasteiger partial charge in [-0.1, -0.05) is 18.0 Å². The number of hydrogen-bond donors (Lipinski definition) is 1. The van der Waals surface area contributed by atoms with Gasteiger partial charge in [0.2, 0.25) is 0 Å². The van der Waals surface area contributed by atoms with Gasteiger partial charge < -0.3 is 10.3 Å². The van der Waals surface area contributed by atoms with Gasteiger partial charge in [-0.2, -0.15) is 4.98 Å². The molecule has 102 valence electrons. The van der Waals surface area contributed by atoms with Crippen LogP contribution in [0.4, 0.5) is 0 Å². The van der Waals surface area contributed by atoms with Crippen molar-refractivity contribution in [3.63, 3.8) is 0 Å². The summed E-state index contributed by atoms with van der Waals surface area (Å²) in [6.45, 7) is 0. The molecule has 1 aliphatic rings. The van der Waals surface area contributed by atoms with E-state index in [1.54, 1.807) is 0 Å². The van der Waals surface area contributed by atoms with E-state index < -0.39 is 0 Å². The monoisotopic (exact) mass is 391 g/mol. The Labute approximate surface area is 131 Å². The van der Waals surface area contributed by atoms with Crippen molar-refractivity contribution < 1.29 is 4.52 Å². The lowest BCUT2D eigenvalue weighted by atomic mass is 9.99. The van der Waals surface area contributed by atoms with Crippen molar-refractivity contribution in [1.82, 2.24) is 10.1 Å². The first-order valence-corrected chi connectivity index (χ1v) is 7.14. The molecule has 1 fully saturated rings. The summed E-state index contributed by atoms with van der Waals surface area (Å²) in [4.78, 5) is 4.46. The molecule has 0 bridgehead atoms. The zero-order valence-corrected chi connectivity index (χ0v) is 13.3. The van der Waals surface area contributed by atoms with Crippen LogP contribution in [-0.4, -0.2) is 10.1 Å². The second-order valence-electron chi connectivity index (χ2n) is 4.79. The molecule has 0 radical (unpaired) electrons. The molecule has 4 nitrogen and oxygen atoms in total. The standard InChI is InChI=1S/C13H14IN3O.ClH/c14-10-5-3-9(4-6-10)11-16-12(17-18-11)13(15)7-1-2-8-13;/h3-6H,1-2,7-8,15H2;1H. The third-order valence-corrected chi connectivity index (χ3v) is 4.18. The van der Waals surface area contributed by atoms with E-state index in [-0.39, 0.29) is 17.9 Å². The number of benzene rings is 1. The molecule has 0 saturated heterocycles. The molecule has 0 spiro atoms. The maximum Gasteiger partial charge on any atom is 0.257 e. The highest BCUT2D eigenvalue weighted by molar-refractivity contribution is 14.1. The Balaban J connectivity index is 0.00000133. The van der Waals surface area contributed by atoms with Crippen LogP contribution >= 0.6 is 35.0 Å². The summed E-state index contributed by atoms with van der Waals surface area (Å²) in [6, 6.07) is 8.01. The molecular weight excluding hydrogens is 377 g/mol. The summed E-state index contributed by atoms with van der Waals surface area (Å²) in [5.41, 5.74) is 6.87. The van der Waals surface area contributed by atoms with Crippen molar-refractivity contribution in [2.75, 3.05) is 0 Å². The van der Waals surface area contributed by atoms with E-state index >= 15 is 0 Å². The Kier molecular flexibility index (Phi) is 4.47. The van der Waals surface area contributed by atoms with E-state index in [1.807, 2.05) is 24.3 Å². The van der Waals surface area contributed by atoms with Crippen LogP contribution in [-0.2, 0) is 5.54 Å². The summed E-state index contributed by atoms with van der Waals surface area (Å²) in [7, 11) is 0. The summed E-state index contributed by atoms with van der Waals surface area (Å²) >= 11 is 2.27. The first-order chi connectivity index (χ1) is 8.67. The van der Waals surface area contributed by atoms with Gasteiger partial charge in [0.25, 0.3) is 5.89 Å². The first-order valence-electron chi connectivity index (χ1n) is 6.06. The highest BCUT2D eigenvalue weighted by Gasteiger charge is 2.36. The Bertz CT molecular complexity index is 549. The summed E-state index contributed by atoms with van der Waals surface area (Å²) < 4.78 is 6.51. The van der Waals surface area contributed by atoms with E-state index in [1.165, 1.54) is 3.57 Å². The average Bonchev–Trinajstić information content (AvgIpc) is 2.99. The minimum atomic E-state index is -0.384. The van der Waals surface area contributed by atoms with Crippen molar-refractivity contribution >= 4 is 35.0 Å². The maximum atomic E-state index is 6.31. The van der Waals surface area contributed by atoms with Crippen LogP contribution in [0.15, 0.2) is 28.8 Å². The van der Waals surface area contributed by atoms with Crippen LogP contribution in [0.3, 0.4) is 0 Å². The van der Waals surface area contributed by atoms with Gasteiger partial charge >= 0.3 is 0 Å². The number of nitrogens with two attached hydrogens (primary N) is 1. The largest absolute Gasteiger partial charge is 0.334 e. The summed E-state index contributed by atoms with van der Waals surface area (Å²) in [5.74, 6) is 1.20. The van der Waals surface area contributed by atoms with Gasteiger partial charge in [-0.05, 0) is 59.7 Å². The minimum Gasteiger partial charge on any atom is -0.334 e. The number of hydrogen-bond acceptors (Lipinski definition) is 4. The Morgan fingerprint density at radius 2 is 1.79 bits per heavy atom. The molecule has 6 heteroatoms. The van der Waals surface area contributed by atoms with Crippen LogP contribution in [0.25, 0.3) is 11.5 Å². The van der Waals surface area contributed by atoms with Gasteiger partial charge in [-0.15, -0.1) is 12.4 Å². The van der Waals surface area contributed by atoms with Crippen LogP contribution in [0.2, 0.25) is 0 Å². The highest BCUT2D eigenvalue weighted by Crippen LogP contribution is 2.35. The number of halogens is 2. The molecule has 2 N–H and O–H groups in total. The lowest BCUT2D eigenvalue weighted by Crippen LogP contribution is -2.34. The second kappa shape index (κ2) is 5.76. The Morgan fingerprint density at radius 1 is 1.16 bits per heavy atom. The van der Waals surface area contributed by atoms with Gasteiger partial charge in [0.05, 0.1) is 5.54 Å². The highest BCUT2D eigenvalue weighted by atomic mass is 127. The molecular formula is C13H15ClIN3O. The molecule has 2 aromatic rings. The number of aromatic nitrogens is 2. The second-order valence-corrected chi connectivity index (χ2v) is 6.04. The fourth-order valence-electron chi connectivity index (χ4n) is 2.36. The first kappa shape index (κ1) is 14.7. The molecule has 1 aromatic heterocycles. The maximum absolute atomic E-state index is 6.31. The third kappa shape index (κ3) is 2.93. The van der Waals surface area contributed by atoms with E-state index in [2.05, 4.69) is 32.7 Å². The molecule has 19 heavy (non-hydrogen) atoms. The van der Waals surface area contributed by atoms with Crippen LogP contribution in [0, 0.1) is 3.57 Å². The zero-order chi connectivity index (χ0) is 12.6. The van der Waals surface area contributed by atoms with Gasteiger partial charge in [-0.3, -0.25) is 0 Å². The molecule has 1 heterocycles. The normalized spacial score (nSPS) is 17.2. The molecule has 0 unspecified atom stereocenters. The van der Waals surface area contributed by atoms with E-state index in [4.69, 9.17) is 10.3 Å². The van der Waals surface area contributed by atoms with Crippen molar-refractivity contribution in [3.8, 4) is 11.5 Å². The number of rotatable bonds is 2. The molecule has 1 saturated carbocycles. The third-order valence-electron chi connectivity index (χ3n) is 3.46. The lowest BCUT2D eigenvalue weighted by molar-refractivity contribution is 0.372. The van der Waals surface area contributed by atoms with Crippen LogP contribution in [0.1, 0.15) is 31.5 Å². The SMILES string of the molecule is Cl.NC1(c2noc(-c3ccc(I)cc3)n2)CCCC1. The van der Waals surface area contributed by atoms with E-state index in [0.717, 1.165) is 31.2 Å². The van der Waals surface area contributed by atoms with Gasteiger partial charge in [0.15, 0.2) is 5.82 Å². The molecule has 0 atom stereocenters. The fourth-order valence-corrected chi connectivity index (χ4v) is 2.72. The smallest absolute Gasteiger partial charge is 0.257 e. The predicted octanol–water partition coefficient (Wildman–Crippen LogP) is 3.49. The van der Waals surface area contributed by atoms with E-state index in [0.29, 0.717) is 11.7 Å². The topological polar surface area (TPSA) is 64.9 Å². The van der Waals surface area contributed by atoms with Gasteiger partial charge in [0, 0.05) is 9.13 Å². The number of nitrogens with zero attached hydrogens (tertiary/aromatic N) is 2. The quantitative estimate of drug-likeness (QED) is 0.796. The van der Waals surface area contributed by atoms with Crippen molar-refractivity contribution in [2.45, 2.75) is 31.2 Å². The van der Waals surface area contributed by atoms with Crippen molar-refractivity contribution in [1.29, 1.82) is 0 Å². The zero-order valence-electron chi connectivity index (χ0n) is 10.3. The van der Waals surface area contributed by atoms with Crippen LogP contribution in [0.5, 0.6) is 0 Å². The average molecular weight is 392 g/mol. The molecule has 3 rings (SSSR count). The van der Waals surface area contributed by atoms with Gasteiger partial charge in [0.1, 0.15) is 0 Å². The molecule has 1 aromatic carbocycles. The lowest BCUT2D eigenvalue weighted by Gasteiger charge is -2.17. The summed E-state index contributed by atoms with van der Waals surface area (Å²) in [5, 5.41) is 4.06. The molecule has 0 aliphatic heterocycles. The predicted molar refractivity (Wildman–Crippen MR) is 84.0 cm³/mol. The van der Waals surface area contributed by atoms with Crippen LogP contribution < -0.4 is 5.73 Å². The van der Waals surface area contributed by atoms with Gasteiger partial charge in [-0.25, -0.2) is 0 Å².